The second-order valence-corrected chi connectivity index (χ2v) is 5.13. The van der Waals surface area contributed by atoms with Gasteiger partial charge in [-0.05, 0) is 42.8 Å². The monoisotopic (exact) mass is 317 g/mol. The Morgan fingerprint density at radius 3 is 2.45 bits per heavy atom. The number of ketones is 1. The maximum Gasteiger partial charge on any atom is 0.327 e. The van der Waals surface area contributed by atoms with E-state index in [4.69, 9.17) is 22.1 Å². The maximum absolute atomic E-state index is 12.4. The Kier molecular flexibility index (Phi) is 5.31. The van der Waals surface area contributed by atoms with Gasteiger partial charge in [-0.25, -0.2) is 4.79 Å². The van der Waals surface area contributed by atoms with E-state index < -0.39 is 12.0 Å². The molecule has 2 aromatic carbocycles. The first-order valence-electron chi connectivity index (χ1n) is 6.85. The molecule has 2 aromatic rings. The summed E-state index contributed by atoms with van der Waals surface area (Å²) in [6.45, 7) is 1.97. The molecule has 0 heterocycles. The molecule has 2 rings (SSSR count). The first kappa shape index (κ1) is 16.2. The molecule has 1 atom stereocenters. The molecule has 0 saturated carbocycles. The summed E-state index contributed by atoms with van der Waals surface area (Å²) >= 11 is 5.81. The second kappa shape index (κ2) is 7.20. The predicted octanol–water partition coefficient (Wildman–Crippen LogP) is 3.13. The molecule has 0 radical (unpaired) electrons. The lowest BCUT2D eigenvalue weighted by Crippen LogP contribution is -2.24. The average Bonchev–Trinajstić information content (AvgIpc) is 2.54. The highest BCUT2D eigenvalue weighted by Gasteiger charge is 2.18. The first-order valence-corrected chi connectivity index (χ1v) is 7.23. The van der Waals surface area contributed by atoms with Crippen molar-refractivity contribution in [2.45, 2.75) is 13.0 Å². The zero-order chi connectivity index (χ0) is 16.1. The van der Waals surface area contributed by atoms with Crippen LogP contribution in [0.5, 0.6) is 0 Å². The van der Waals surface area contributed by atoms with Crippen LogP contribution < -0.4 is 5.73 Å². The molecule has 0 fully saturated rings. The van der Waals surface area contributed by atoms with Gasteiger partial charge < -0.3 is 10.5 Å². The Balaban J connectivity index is 2.26. The van der Waals surface area contributed by atoms with Gasteiger partial charge in [0, 0.05) is 16.1 Å². The van der Waals surface area contributed by atoms with Crippen LogP contribution in [0.4, 0.5) is 0 Å². The van der Waals surface area contributed by atoms with Gasteiger partial charge in [0.25, 0.3) is 0 Å². The highest BCUT2D eigenvalue weighted by atomic mass is 35.5. The predicted molar refractivity (Wildman–Crippen MR) is 84.9 cm³/mol. The van der Waals surface area contributed by atoms with Gasteiger partial charge in [-0.1, -0.05) is 29.8 Å². The number of halogens is 1. The molecule has 0 aromatic heterocycles. The summed E-state index contributed by atoms with van der Waals surface area (Å²) in [6, 6.07) is 12.4. The molecule has 5 heteroatoms. The molecule has 0 amide bonds. The second-order valence-electron chi connectivity index (χ2n) is 4.69. The van der Waals surface area contributed by atoms with Gasteiger partial charge in [-0.15, -0.1) is 0 Å². The number of nitrogens with two attached hydrogens (primary N) is 1. The van der Waals surface area contributed by atoms with Crippen molar-refractivity contribution in [2.24, 2.45) is 5.73 Å². The van der Waals surface area contributed by atoms with Crippen LogP contribution in [0.15, 0.2) is 48.5 Å². The van der Waals surface area contributed by atoms with E-state index in [1.54, 1.807) is 55.5 Å². The standard InChI is InChI=1S/C17H16ClNO3/c1-2-22-17(21)15(19)12-4-3-5-13(10-12)16(20)11-6-8-14(18)9-7-11/h3-10,15H,2,19H2,1H3. The highest BCUT2D eigenvalue weighted by Crippen LogP contribution is 2.18. The van der Waals surface area contributed by atoms with Gasteiger partial charge in [0.2, 0.25) is 0 Å². The number of ether oxygens (including phenoxy) is 1. The Bertz CT molecular complexity index is 683. The molecule has 2 N–H and O–H groups in total. The van der Waals surface area contributed by atoms with Crippen LogP contribution >= 0.6 is 11.6 Å². The number of carbonyl (C=O) groups is 2. The highest BCUT2D eigenvalue weighted by molar-refractivity contribution is 6.30. The molecular formula is C17H16ClNO3. The molecule has 0 aliphatic heterocycles. The lowest BCUT2D eigenvalue weighted by Gasteiger charge is -2.12. The van der Waals surface area contributed by atoms with Gasteiger partial charge in [-0.3, -0.25) is 4.79 Å². The van der Waals surface area contributed by atoms with Crippen LogP contribution in [0.2, 0.25) is 5.02 Å². The van der Waals surface area contributed by atoms with Crippen LogP contribution in [0, 0.1) is 0 Å². The molecule has 0 aliphatic carbocycles. The average molecular weight is 318 g/mol. The zero-order valence-corrected chi connectivity index (χ0v) is 12.8. The Morgan fingerprint density at radius 1 is 1.14 bits per heavy atom. The van der Waals surface area contributed by atoms with Gasteiger partial charge in [-0.2, -0.15) is 0 Å². The van der Waals surface area contributed by atoms with E-state index in [1.807, 2.05) is 0 Å². The van der Waals surface area contributed by atoms with Gasteiger partial charge in [0.15, 0.2) is 5.78 Å². The number of esters is 1. The molecule has 0 aliphatic rings. The molecule has 0 spiro atoms. The van der Waals surface area contributed by atoms with Crippen molar-refractivity contribution in [3.63, 3.8) is 0 Å². The van der Waals surface area contributed by atoms with Gasteiger partial charge >= 0.3 is 5.97 Å². The van der Waals surface area contributed by atoms with Crippen molar-refractivity contribution in [1.29, 1.82) is 0 Å². The van der Waals surface area contributed by atoms with Crippen molar-refractivity contribution < 1.29 is 14.3 Å². The van der Waals surface area contributed by atoms with Crippen molar-refractivity contribution in [3.05, 3.63) is 70.2 Å². The van der Waals surface area contributed by atoms with Gasteiger partial charge in [0.1, 0.15) is 6.04 Å². The third-order valence-electron chi connectivity index (χ3n) is 3.15. The lowest BCUT2D eigenvalue weighted by atomic mass is 9.99. The van der Waals surface area contributed by atoms with E-state index in [0.29, 0.717) is 21.7 Å². The van der Waals surface area contributed by atoms with Crippen LogP contribution in [-0.2, 0) is 9.53 Å². The Labute approximate surface area is 133 Å². The quantitative estimate of drug-likeness (QED) is 0.679. The van der Waals surface area contributed by atoms with E-state index in [2.05, 4.69) is 0 Å². The SMILES string of the molecule is CCOC(=O)C(N)c1cccc(C(=O)c2ccc(Cl)cc2)c1. The summed E-state index contributed by atoms with van der Waals surface area (Å²) in [7, 11) is 0. The molecule has 114 valence electrons. The van der Waals surface area contributed by atoms with E-state index in [0.717, 1.165) is 0 Å². The minimum atomic E-state index is -0.905. The Morgan fingerprint density at radius 2 is 1.82 bits per heavy atom. The summed E-state index contributed by atoms with van der Waals surface area (Å²) in [5.41, 5.74) is 7.37. The minimum absolute atomic E-state index is 0.158. The van der Waals surface area contributed by atoms with Crippen LogP contribution in [0.25, 0.3) is 0 Å². The maximum atomic E-state index is 12.4. The molecule has 0 saturated heterocycles. The smallest absolute Gasteiger partial charge is 0.327 e. The largest absolute Gasteiger partial charge is 0.465 e. The van der Waals surface area contributed by atoms with Crippen molar-refractivity contribution in [3.8, 4) is 0 Å². The fourth-order valence-corrected chi connectivity index (χ4v) is 2.14. The number of hydrogen-bond donors (Lipinski definition) is 1. The number of carbonyl (C=O) groups excluding carboxylic acids is 2. The molecule has 4 nitrogen and oxygen atoms in total. The lowest BCUT2D eigenvalue weighted by molar-refractivity contribution is -0.144. The van der Waals surface area contributed by atoms with Crippen LogP contribution in [-0.4, -0.2) is 18.4 Å². The zero-order valence-electron chi connectivity index (χ0n) is 12.1. The summed E-state index contributed by atoms with van der Waals surface area (Å²) in [5.74, 6) is -0.673. The van der Waals surface area contributed by atoms with E-state index in [-0.39, 0.29) is 12.4 Å². The Hall–Kier alpha value is -2.17. The van der Waals surface area contributed by atoms with E-state index in [9.17, 15) is 9.59 Å². The summed E-state index contributed by atoms with van der Waals surface area (Å²) < 4.78 is 4.89. The van der Waals surface area contributed by atoms with Crippen molar-refractivity contribution in [1.82, 2.24) is 0 Å². The molecule has 1 unspecified atom stereocenters. The number of rotatable bonds is 5. The normalized spacial score (nSPS) is 11.8. The topological polar surface area (TPSA) is 69.4 Å². The van der Waals surface area contributed by atoms with Crippen molar-refractivity contribution >= 4 is 23.4 Å². The molecular weight excluding hydrogens is 302 g/mol. The summed E-state index contributed by atoms with van der Waals surface area (Å²) in [5, 5.41) is 0.564. The summed E-state index contributed by atoms with van der Waals surface area (Å²) in [4.78, 5) is 24.1. The van der Waals surface area contributed by atoms with Crippen molar-refractivity contribution in [2.75, 3.05) is 6.61 Å². The molecule has 22 heavy (non-hydrogen) atoms. The number of benzene rings is 2. The van der Waals surface area contributed by atoms with Gasteiger partial charge in [0.05, 0.1) is 6.61 Å². The molecule has 0 bridgehead atoms. The minimum Gasteiger partial charge on any atom is -0.465 e. The van der Waals surface area contributed by atoms with E-state index in [1.165, 1.54) is 0 Å². The third-order valence-corrected chi connectivity index (χ3v) is 3.41. The fraction of sp³-hybridized carbons (Fsp3) is 0.176. The third kappa shape index (κ3) is 3.72. The summed E-state index contributed by atoms with van der Waals surface area (Å²) in [6.07, 6.45) is 0. The first-order chi connectivity index (χ1) is 10.5. The van der Waals surface area contributed by atoms with Crippen LogP contribution in [0.3, 0.4) is 0 Å². The van der Waals surface area contributed by atoms with E-state index >= 15 is 0 Å². The van der Waals surface area contributed by atoms with Crippen LogP contribution in [0.1, 0.15) is 34.5 Å². The fourth-order valence-electron chi connectivity index (χ4n) is 2.01. The number of hydrogen-bond acceptors (Lipinski definition) is 4.